The van der Waals surface area contributed by atoms with Gasteiger partial charge in [-0.3, -0.25) is 0 Å². The highest BCUT2D eigenvalue weighted by atomic mass is 19.4. The molecule has 29 heavy (non-hydrogen) atoms. The first kappa shape index (κ1) is 19.0. The van der Waals surface area contributed by atoms with Gasteiger partial charge in [0.2, 0.25) is 0 Å². The zero-order valence-electron chi connectivity index (χ0n) is 15.8. The zero-order valence-corrected chi connectivity index (χ0v) is 15.8. The predicted molar refractivity (Wildman–Crippen MR) is 105 cm³/mol. The highest BCUT2D eigenvalue weighted by Gasteiger charge is 2.35. The summed E-state index contributed by atoms with van der Waals surface area (Å²) in [4.78, 5) is 4.42. The molecular weight excluding hydrogens is 379 g/mol. The van der Waals surface area contributed by atoms with Gasteiger partial charge >= 0.3 is 6.18 Å². The number of alkyl halides is 3. The average molecular weight is 397 g/mol. The first-order valence-electron chi connectivity index (χ1n) is 9.12. The molecule has 2 aromatic carbocycles. The molecule has 0 amide bonds. The summed E-state index contributed by atoms with van der Waals surface area (Å²) in [6.07, 6.45) is -4.56. The summed E-state index contributed by atoms with van der Waals surface area (Å²) in [5.41, 5.74) is 1.21. The largest absolute Gasteiger partial charge is 0.491 e. The van der Waals surface area contributed by atoms with Crippen molar-refractivity contribution in [2.75, 3.05) is 0 Å². The number of halogens is 3. The van der Waals surface area contributed by atoms with Crippen LogP contribution in [0.15, 0.2) is 66.7 Å². The van der Waals surface area contributed by atoms with Gasteiger partial charge in [0.05, 0.1) is 17.5 Å². The van der Waals surface area contributed by atoms with Crippen LogP contribution in [0.5, 0.6) is 5.75 Å². The van der Waals surface area contributed by atoms with Gasteiger partial charge in [-0.2, -0.15) is 18.3 Å². The molecule has 0 unspecified atom stereocenters. The Bertz CT molecular complexity index is 1130. The van der Waals surface area contributed by atoms with Gasteiger partial charge in [0.25, 0.3) is 0 Å². The second-order valence-corrected chi connectivity index (χ2v) is 6.88. The van der Waals surface area contributed by atoms with Crippen molar-refractivity contribution in [2.24, 2.45) is 0 Å². The van der Waals surface area contributed by atoms with E-state index in [1.165, 1.54) is 0 Å². The molecule has 0 atom stereocenters. The number of hydrogen-bond acceptors (Lipinski definition) is 3. The minimum absolute atomic E-state index is 0.00959. The number of benzene rings is 2. The van der Waals surface area contributed by atoms with E-state index in [1.54, 1.807) is 42.5 Å². The topological polar surface area (TPSA) is 39.4 Å². The van der Waals surface area contributed by atoms with E-state index in [4.69, 9.17) is 4.74 Å². The Morgan fingerprint density at radius 3 is 2.14 bits per heavy atom. The first-order valence-corrected chi connectivity index (χ1v) is 9.12. The number of hydrogen-bond donors (Lipinski definition) is 0. The van der Waals surface area contributed by atoms with Gasteiger partial charge in [0.1, 0.15) is 5.75 Å². The molecule has 0 aliphatic rings. The van der Waals surface area contributed by atoms with Crippen molar-refractivity contribution in [2.45, 2.75) is 26.1 Å². The van der Waals surface area contributed by atoms with Crippen LogP contribution in [0.3, 0.4) is 0 Å². The van der Waals surface area contributed by atoms with Gasteiger partial charge in [0, 0.05) is 17.2 Å². The van der Waals surface area contributed by atoms with Gasteiger partial charge in [-0.25, -0.2) is 9.50 Å². The van der Waals surface area contributed by atoms with Crippen LogP contribution in [0.4, 0.5) is 13.2 Å². The minimum atomic E-state index is -4.57. The van der Waals surface area contributed by atoms with Crippen molar-refractivity contribution in [3.63, 3.8) is 0 Å². The Kier molecular flexibility index (Phi) is 4.74. The summed E-state index contributed by atoms with van der Waals surface area (Å²) in [5.74, 6) is 0.650. The highest BCUT2D eigenvalue weighted by Crippen LogP contribution is 2.33. The summed E-state index contributed by atoms with van der Waals surface area (Å²) < 4.78 is 47.6. The molecule has 0 radical (unpaired) electrons. The van der Waals surface area contributed by atoms with Crippen LogP contribution in [0, 0.1) is 0 Å². The SMILES string of the molecule is CC(C)Oc1ccc(-c2cc(C(F)(F)F)n3nc(-c4ccccc4)cc3n2)cc1. The van der Waals surface area contributed by atoms with Crippen LogP contribution >= 0.6 is 0 Å². The van der Waals surface area contributed by atoms with E-state index in [1.807, 2.05) is 32.0 Å². The fourth-order valence-electron chi connectivity index (χ4n) is 3.05. The third kappa shape index (κ3) is 3.94. The minimum Gasteiger partial charge on any atom is -0.491 e. The third-order valence-electron chi connectivity index (χ3n) is 4.31. The van der Waals surface area contributed by atoms with E-state index in [0.717, 1.165) is 16.1 Å². The molecule has 0 spiro atoms. The van der Waals surface area contributed by atoms with E-state index >= 15 is 0 Å². The monoisotopic (exact) mass is 397 g/mol. The van der Waals surface area contributed by atoms with Crippen molar-refractivity contribution in [1.82, 2.24) is 14.6 Å². The van der Waals surface area contributed by atoms with Crippen molar-refractivity contribution < 1.29 is 17.9 Å². The Morgan fingerprint density at radius 2 is 1.52 bits per heavy atom. The maximum absolute atomic E-state index is 13.7. The Labute approximate surface area is 165 Å². The van der Waals surface area contributed by atoms with Crippen molar-refractivity contribution in [1.29, 1.82) is 0 Å². The Morgan fingerprint density at radius 1 is 0.862 bits per heavy atom. The van der Waals surface area contributed by atoms with Crippen LogP contribution in [0.2, 0.25) is 0 Å². The maximum atomic E-state index is 13.7. The maximum Gasteiger partial charge on any atom is 0.433 e. The smallest absolute Gasteiger partial charge is 0.433 e. The molecule has 2 aromatic heterocycles. The summed E-state index contributed by atoms with van der Waals surface area (Å²) >= 11 is 0. The molecule has 0 saturated heterocycles. The van der Waals surface area contributed by atoms with Gasteiger partial charge in [-0.1, -0.05) is 30.3 Å². The van der Waals surface area contributed by atoms with E-state index in [0.29, 0.717) is 17.0 Å². The second kappa shape index (κ2) is 7.24. The first-order chi connectivity index (χ1) is 13.8. The Balaban J connectivity index is 1.83. The summed E-state index contributed by atoms with van der Waals surface area (Å²) in [6, 6.07) is 18.5. The molecule has 0 fully saturated rings. The van der Waals surface area contributed by atoms with Gasteiger partial charge in [-0.05, 0) is 44.2 Å². The van der Waals surface area contributed by atoms with Crippen LogP contribution in [-0.2, 0) is 6.18 Å². The molecule has 4 aromatic rings. The standard InChI is InChI=1S/C22H18F3N3O/c1-14(2)29-17-10-8-16(9-11-17)18-12-20(22(23,24)25)28-21(26-18)13-19(27-28)15-6-4-3-5-7-15/h3-14H,1-2H3. The van der Waals surface area contributed by atoms with Crippen LogP contribution < -0.4 is 4.74 Å². The van der Waals surface area contributed by atoms with Crippen molar-refractivity contribution >= 4 is 5.65 Å². The van der Waals surface area contributed by atoms with Gasteiger partial charge in [0.15, 0.2) is 11.3 Å². The van der Waals surface area contributed by atoms with E-state index in [2.05, 4.69) is 10.1 Å². The second-order valence-electron chi connectivity index (χ2n) is 6.88. The molecule has 0 N–H and O–H groups in total. The van der Waals surface area contributed by atoms with Crippen molar-refractivity contribution in [3.05, 3.63) is 72.4 Å². The quantitative estimate of drug-likeness (QED) is 0.432. The number of rotatable bonds is 4. The number of ether oxygens (including phenoxy) is 1. The lowest BCUT2D eigenvalue weighted by Crippen LogP contribution is -2.13. The number of fused-ring (bicyclic) bond motifs is 1. The zero-order chi connectivity index (χ0) is 20.6. The molecule has 0 bridgehead atoms. The van der Waals surface area contributed by atoms with Gasteiger partial charge < -0.3 is 4.74 Å². The third-order valence-corrected chi connectivity index (χ3v) is 4.31. The molecule has 4 nitrogen and oxygen atoms in total. The van der Waals surface area contributed by atoms with Crippen LogP contribution in [0.25, 0.3) is 28.2 Å². The molecule has 0 aliphatic heterocycles. The summed E-state index contributed by atoms with van der Waals surface area (Å²) in [5, 5.41) is 4.15. The molecule has 7 heteroatoms. The van der Waals surface area contributed by atoms with E-state index in [9.17, 15) is 13.2 Å². The van der Waals surface area contributed by atoms with Gasteiger partial charge in [-0.15, -0.1) is 0 Å². The summed E-state index contributed by atoms with van der Waals surface area (Å²) in [6.45, 7) is 3.81. The molecular formula is C22H18F3N3O. The molecule has 148 valence electrons. The summed E-state index contributed by atoms with van der Waals surface area (Å²) in [7, 11) is 0. The normalized spacial score (nSPS) is 11.9. The highest BCUT2D eigenvalue weighted by molar-refractivity contribution is 5.68. The molecule has 4 rings (SSSR count). The lowest BCUT2D eigenvalue weighted by atomic mass is 10.1. The van der Waals surface area contributed by atoms with E-state index in [-0.39, 0.29) is 17.4 Å². The fourth-order valence-corrected chi connectivity index (χ4v) is 3.05. The lowest BCUT2D eigenvalue weighted by molar-refractivity contribution is -0.142. The van der Waals surface area contributed by atoms with Crippen LogP contribution in [-0.4, -0.2) is 20.7 Å². The van der Waals surface area contributed by atoms with E-state index < -0.39 is 11.9 Å². The predicted octanol–water partition coefficient (Wildman–Crippen LogP) is 5.87. The lowest BCUT2D eigenvalue weighted by Gasteiger charge is -2.12. The average Bonchev–Trinajstić information content (AvgIpc) is 3.11. The molecule has 2 heterocycles. The van der Waals surface area contributed by atoms with Crippen molar-refractivity contribution in [3.8, 4) is 28.3 Å². The number of nitrogens with zero attached hydrogens (tertiary/aromatic N) is 3. The van der Waals surface area contributed by atoms with Crippen LogP contribution in [0.1, 0.15) is 19.5 Å². The molecule has 0 saturated carbocycles. The fraction of sp³-hybridized carbons (Fsp3) is 0.182. The Hall–Kier alpha value is -3.35. The number of aromatic nitrogens is 3. The molecule has 0 aliphatic carbocycles.